The van der Waals surface area contributed by atoms with Crippen LogP contribution in [0.1, 0.15) is 19.4 Å². The molecule has 1 aromatic carbocycles. The van der Waals surface area contributed by atoms with Crippen LogP contribution in [0, 0.1) is 6.92 Å². The number of benzene rings is 1. The largest absolute Gasteiger partial charge is 0.398 e. The van der Waals surface area contributed by atoms with Crippen LogP contribution in [-0.4, -0.2) is 33.9 Å². The first kappa shape index (κ1) is 14.7. The summed E-state index contributed by atoms with van der Waals surface area (Å²) in [5, 5.41) is 0. The summed E-state index contributed by atoms with van der Waals surface area (Å²) in [7, 11) is -1.33. The van der Waals surface area contributed by atoms with E-state index in [9.17, 15) is 9.00 Å². The number of carbonyl (C=O) groups is 1. The van der Waals surface area contributed by atoms with Crippen molar-refractivity contribution in [1.29, 1.82) is 0 Å². The zero-order chi connectivity index (χ0) is 13.7. The minimum atomic E-state index is -1.33. The summed E-state index contributed by atoms with van der Waals surface area (Å²) in [6.45, 7) is 6.93. The summed E-state index contributed by atoms with van der Waals surface area (Å²) >= 11 is 0. The molecule has 0 heterocycles. The molecule has 1 atom stereocenters. The molecule has 5 heteroatoms. The number of carbonyl (C=O) groups excluding carboxylic acids is 1. The van der Waals surface area contributed by atoms with Crippen molar-refractivity contribution in [3.63, 3.8) is 0 Å². The number of anilines is 1. The summed E-state index contributed by atoms with van der Waals surface area (Å²) in [4.78, 5) is 14.2. The third-order valence-electron chi connectivity index (χ3n) is 2.94. The molecule has 0 bridgehead atoms. The van der Waals surface area contributed by atoms with Crippen LogP contribution in [0.2, 0.25) is 0 Å². The van der Waals surface area contributed by atoms with E-state index >= 15 is 0 Å². The van der Waals surface area contributed by atoms with Crippen LogP contribution < -0.4 is 5.73 Å². The van der Waals surface area contributed by atoms with E-state index in [0.717, 1.165) is 5.56 Å². The molecule has 0 aliphatic rings. The fourth-order valence-corrected chi connectivity index (χ4v) is 2.99. The zero-order valence-corrected chi connectivity index (χ0v) is 11.9. The summed E-state index contributed by atoms with van der Waals surface area (Å²) in [5.41, 5.74) is 7.17. The molecule has 18 heavy (non-hydrogen) atoms. The third-order valence-corrected chi connectivity index (χ3v) is 4.38. The van der Waals surface area contributed by atoms with Gasteiger partial charge in [-0.15, -0.1) is 0 Å². The van der Waals surface area contributed by atoms with Crippen LogP contribution in [0.4, 0.5) is 5.69 Å². The van der Waals surface area contributed by atoms with E-state index in [0.29, 0.717) is 23.7 Å². The van der Waals surface area contributed by atoms with Gasteiger partial charge in [-0.3, -0.25) is 9.00 Å². The fourth-order valence-electron chi connectivity index (χ4n) is 1.74. The van der Waals surface area contributed by atoms with E-state index in [1.807, 2.05) is 20.8 Å². The van der Waals surface area contributed by atoms with E-state index < -0.39 is 10.8 Å². The maximum Gasteiger partial charge on any atom is 0.235 e. The zero-order valence-electron chi connectivity index (χ0n) is 11.1. The van der Waals surface area contributed by atoms with E-state index in [4.69, 9.17) is 5.73 Å². The fraction of sp³-hybridized carbons (Fsp3) is 0.462. The Hall–Kier alpha value is -1.36. The molecule has 1 amide bonds. The highest BCUT2D eigenvalue weighted by Crippen LogP contribution is 2.19. The maximum absolute atomic E-state index is 12.2. The van der Waals surface area contributed by atoms with Crippen LogP contribution in [0.3, 0.4) is 0 Å². The van der Waals surface area contributed by atoms with E-state index in [2.05, 4.69) is 0 Å². The van der Waals surface area contributed by atoms with Crippen molar-refractivity contribution in [3.8, 4) is 0 Å². The van der Waals surface area contributed by atoms with Crippen molar-refractivity contribution in [2.45, 2.75) is 25.7 Å². The summed E-state index contributed by atoms with van der Waals surface area (Å²) < 4.78 is 12.2. The lowest BCUT2D eigenvalue weighted by molar-refractivity contribution is -0.128. The normalized spacial score (nSPS) is 12.2. The lowest BCUT2D eigenvalue weighted by Crippen LogP contribution is -2.34. The molecule has 0 spiro atoms. The van der Waals surface area contributed by atoms with Gasteiger partial charge in [-0.1, -0.05) is 6.07 Å². The highest BCUT2D eigenvalue weighted by molar-refractivity contribution is 7.85. The Morgan fingerprint density at radius 1 is 1.33 bits per heavy atom. The predicted octanol–water partition coefficient (Wildman–Crippen LogP) is 1.55. The Morgan fingerprint density at radius 3 is 2.50 bits per heavy atom. The van der Waals surface area contributed by atoms with Crippen molar-refractivity contribution in [1.82, 2.24) is 4.90 Å². The molecule has 1 rings (SSSR count). The molecule has 4 nitrogen and oxygen atoms in total. The summed E-state index contributed by atoms with van der Waals surface area (Å²) in [5.74, 6) is -0.0634. The minimum Gasteiger partial charge on any atom is -0.398 e. The van der Waals surface area contributed by atoms with Crippen molar-refractivity contribution < 1.29 is 9.00 Å². The van der Waals surface area contributed by atoms with Gasteiger partial charge in [0.05, 0.1) is 10.8 Å². The number of nitrogens with zero attached hydrogens (tertiary/aromatic N) is 1. The van der Waals surface area contributed by atoms with Gasteiger partial charge in [0.2, 0.25) is 5.91 Å². The number of nitrogens with two attached hydrogens (primary N) is 1. The molecule has 0 fully saturated rings. The molecular weight excluding hydrogens is 248 g/mol. The van der Waals surface area contributed by atoms with Crippen molar-refractivity contribution in [2.75, 3.05) is 24.6 Å². The van der Waals surface area contributed by atoms with Gasteiger partial charge in [0.25, 0.3) is 0 Å². The first-order valence-electron chi connectivity index (χ1n) is 6.02. The number of rotatable bonds is 5. The highest BCUT2D eigenvalue weighted by atomic mass is 32.2. The third kappa shape index (κ3) is 3.32. The van der Waals surface area contributed by atoms with Gasteiger partial charge in [0.1, 0.15) is 5.75 Å². The van der Waals surface area contributed by atoms with Crippen molar-refractivity contribution in [2.24, 2.45) is 0 Å². The second kappa shape index (κ2) is 6.54. The van der Waals surface area contributed by atoms with Gasteiger partial charge in [-0.25, -0.2) is 0 Å². The first-order chi connectivity index (χ1) is 8.51. The van der Waals surface area contributed by atoms with Crippen molar-refractivity contribution >= 4 is 22.4 Å². The smallest absolute Gasteiger partial charge is 0.235 e. The van der Waals surface area contributed by atoms with Gasteiger partial charge in [-0.05, 0) is 38.5 Å². The van der Waals surface area contributed by atoms with Crippen LogP contribution in [-0.2, 0) is 15.6 Å². The molecule has 1 unspecified atom stereocenters. The molecule has 2 N–H and O–H groups in total. The molecule has 1 aromatic rings. The Balaban J connectivity index is 2.83. The Labute approximate surface area is 111 Å². The monoisotopic (exact) mass is 268 g/mol. The summed E-state index contributed by atoms with van der Waals surface area (Å²) in [6.07, 6.45) is 0. The molecule has 0 saturated heterocycles. The Bertz CT molecular complexity index is 456. The average Bonchev–Trinajstić information content (AvgIpc) is 2.34. The molecule has 0 aromatic heterocycles. The van der Waals surface area contributed by atoms with Crippen LogP contribution in [0.25, 0.3) is 0 Å². The summed E-state index contributed by atoms with van der Waals surface area (Å²) in [6, 6.07) is 5.29. The number of hydrogen-bond donors (Lipinski definition) is 1. The maximum atomic E-state index is 12.2. The lowest BCUT2D eigenvalue weighted by atomic mass is 10.2. The van der Waals surface area contributed by atoms with Crippen LogP contribution >= 0.6 is 0 Å². The number of hydrogen-bond acceptors (Lipinski definition) is 3. The van der Waals surface area contributed by atoms with Crippen LogP contribution in [0.15, 0.2) is 23.1 Å². The SMILES string of the molecule is CCN(CC)C(=O)CS(=O)c1cccc(N)c1C. The average molecular weight is 268 g/mol. The Kier molecular flexibility index (Phi) is 5.34. The minimum absolute atomic E-state index is 0.0198. The second-order valence-electron chi connectivity index (χ2n) is 4.03. The standard InChI is InChI=1S/C13H20N2O2S/c1-4-15(5-2)13(16)9-18(17)12-8-6-7-11(14)10(12)3/h6-8H,4-5,9,14H2,1-3H3. The first-order valence-corrected chi connectivity index (χ1v) is 7.34. The van der Waals surface area contributed by atoms with Crippen molar-refractivity contribution in [3.05, 3.63) is 23.8 Å². The molecule has 0 aliphatic carbocycles. The van der Waals surface area contributed by atoms with Gasteiger partial charge in [0, 0.05) is 23.7 Å². The van der Waals surface area contributed by atoms with Gasteiger partial charge in [0.15, 0.2) is 0 Å². The topological polar surface area (TPSA) is 63.4 Å². The predicted molar refractivity (Wildman–Crippen MR) is 74.8 cm³/mol. The van der Waals surface area contributed by atoms with Gasteiger partial charge < -0.3 is 10.6 Å². The lowest BCUT2D eigenvalue weighted by Gasteiger charge is -2.18. The molecule has 0 aliphatic heterocycles. The quantitative estimate of drug-likeness (QED) is 0.824. The van der Waals surface area contributed by atoms with Gasteiger partial charge >= 0.3 is 0 Å². The van der Waals surface area contributed by atoms with E-state index in [-0.39, 0.29) is 11.7 Å². The van der Waals surface area contributed by atoms with Crippen LogP contribution in [0.5, 0.6) is 0 Å². The number of amides is 1. The number of nitrogen functional groups attached to an aromatic ring is 1. The molecular formula is C13H20N2O2S. The second-order valence-corrected chi connectivity index (χ2v) is 5.45. The van der Waals surface area contributed by atoms with E-state index in [1.54, 1.807) is 23.1 Å². The Morgan fingerprint density at radius 2 is 1.94 bits per heavy atom. The highest BCUT2D eigenvalue weighted by Gasteiger charge is 2.16. The molecule has 0 radical (unpaired) electrons. The van der Waals surface area contributed by atoms with Gasteiger partial charge in [-0.2, -0.15) is 0 Å². The molecule has 100 valence electrons. The molecule has 0 saturated carbocycles. The van der Waals surface area contributed by atoms with E-state index in [1.165, 1.54) is 0 Å².